The van der Waals surface area contributed by atoms with Crippen molar-refractivity contribution in [1.29, 1.82) is 0 Å². The van der Waals surface area contributed by atoms with E-state index in [-0.39, 0.29) is 0 Å². The highest BCUT2D eigenvalue weighted by Gasteiger charge is 2.03. The maximum atomic E-state index is 5.78. The van der Waals surface area contributed by atoms with Gasteiger partial charge in [-0.15, -0.1) is 0 Å². The van der Waals surface area contributed by atoms with Crippen LogP contribution in [0.4, 0.5) is 0 Å². The highest BCUT2D eigenvalue weighted by atomic mass is 35.5. The summed E-state index contributed by atoms with van der Waals surface area (Å²) in [5, 5.41) is 3.83. The topological polar surface area (TPSA) is 21.3 Å². The van der Waals surface area contributed by atoms with Crippen molar-refractivity contribution in [2.24, 2.45) is 0 Å². The van der Waals surface area contributed by atoms with Gasteiger partial charge >= 0.3 is 0 Å². The first-order chi connectivity index (χ1) is 8.27. The third-order valence-electron chi connectivity index (χ3n) is 2.20. The van der Waals surface area contributed by atoms with Crippen LogP contribution in [-0.2, 0) is 6.54 Å². The predicted octanol–water partition coefficient (Wildman–Crippen LogP) is 3.88. The molecular weight excluding hydrogens is 257 g/mol. The molecule has 0 bridgehead atoms. The van der Waals surface area contributed by atoms with Crippen LogP contribution in [0.5, 0.6) is 5.75 Å². The van der Waals surface area contributed by atoms with Crippen LogP contribution >= 0.6 is 23.2 Å². The molecule has 1 N–H and O–H groups in total. The predicted molar refractivity (Wildman–Crippen MR) is 73.7 cm³/mol. The third-order valence-corrected chi connectivity index (χ3v) is 2.79. The molecule has 94 valence electrons. The molecule has 1 aromatic carbocycles. The van der Waals surface area contributed by atoms with Crippen molar-refractivity contribution in [2.75, 3.05) is 13.2 Å². The second-order valence-electron chi connectivity index (χ2n) is 3.63. The Morgan fingerprint density at radius 1 is 1.41 bits per heavy atom. The maximum absolute atomic E-state index is 5.78. The fraction of sp³-hybridized carbons (Fsp3) is 0.385. The van der Waals surface area contributed by atoms with Crippen LogP contribution in [0, 0.1) is 0 Å². The molecule has 0 aliphatic rings. The summed E-state index contributed by atoms with van der Waals surface area (Å²) in [4.78, 5) is 0. The lowest BCUT2D eigenvalue weighted by Gasteiger charge is -2.11. The Kier molecular flexibility index (Phi) is 7.10. The Morgan fingerprint density at radius 3 is 2.88 bits per heavy atom. The summed E-state index contributed by atoms with van der Waals surface area (Å²) in [7, 11) is 0. The van der Waals surface area contributed by atoms with Crippen molar-refractivity contribution in [3.8, 4) is 5.75 Å². The number of ether oxygens (including phenoxy) is 1. The monoisotopic (exact) mass is 273 g/mol. The number of hydrogen-bond acceptors (Lipinski definition) is 2. The van der Waals surface area contributed by atoms with Crippen LogP contribution in [0.25, 0.3) is 0 Å². The first-order valence-electron chi connectivity index (χ1n) is 5.64. The zero-order valence-electron chi connectivity index (χ0n) is 9.88. The molecule has 1 rings (SSSR count). The number of halogens is 2. The summed E-state index contributed by atoms with van der Waals surface area (Å²) in [6.45, 7) is 4.24. The average molecular weight is 274 g/mol. The molecule has 0 aliphatic carbocycles. The molecule has 0 radical (unpaired) electrons. The van der Waals surface area contributed by atoms with Crippen molar-refractivity contribution in [3.63, 3.8) is 0 Å². The van der Waals surface area contributed by atoms with Gasteiger partial charge in [-0.1, -0.05) is 48.3 Å². The molecule has 0 aromatic heterocycles. The quantitative estimate of drug-likeness (QED) is 0.762. The molecule has 0 heterocycles. The molecule has 0 spiro atoms. The number of nitrogens with one attached hydrogen (secondary N) is 1. The van der Waals surface area contributed by atoms with E-state index in [1.807, 2.05) is 24.3 Å². The lowest BCUT2D eigenvalue weighted by atomic mass is 10.2. The summed E-state index contributed by atoms with van der Waals surface area (Å²) in [5.74, 6) is 0.841. The molecule has 0 saturated heterocycles. The van der Waals surface area contributed by atoms with Crippen LogP contribution in [0.2, 0.25) is 0 Å². The van der Waals surface area contributed by atoms with Gasteiger partial charge in [0.25, 0.3) is 0 Å². The Balaban J connectivity index is 2.57. The third kappa shape index (κ3) is 5.44. The zero-order chi connectivity index (χ0) is 12.5. The van der Waals surface area contributed by atoms with Crippen molar-refractivity contribution < 1.29 is 4.74 Å². The number of para-hydroxylation sites is 1. The Morgan fingerprint density at radius 2 is 2.18 bits per heavy atom. The van der Waals surface area contributed by atoms with Crippen molar-refractivity contribution in [1.82, 2.24) is 5.32 Å². The van der Waals surface area contributed by atoms with E-state index in [1.54, 1.807) is 0 Å². The SMILES string of the molecule is CCCNCc1ccccc1OCC(Cl)=CCl. The molecule has 0 fully saturated rings. The van der Waals surface area contributed by atoms with Gasteiger partial charge in [0, 0.05) is 17.6 Å². The van der Waals surface area contributed by atoms with Gasteiger partial charge in [-0.05, 0) is 19.0 Å². The summed E-state index contributed by atoms with van der Waals surface area (Å²) < 4.78 is 5.60. The van der Waals surface area contributed by atoms with E-state index in [4.69, 9.17) is 27.9 Å². The lowest BCUT2D eigenvalue weighted by molar-refractivity contribution is 0.354. The van der Waals surface area contributed by atoms with Crippen molar-refractivity contribution in [2.45, 2.75) is 19.9 Å². The van der Waals surface area contributed by atoms with Gasteiger partial charge in [0.1, 0.15) is 12.4 Å². The maximum Gasteiger partial charge on any atom is 0.125 e. The van der Waals surface area contributed by atoms with E-state index in [9.17, 15) is 0 Å². The molecule has 1 aromatic rings. The number of benzene rings is 1. The molecule has 17 heavy (non-hydrogen) atoms. The first-order valence-corrected chi connectivity index (χ1v) is 6.45. The van der Waals surface area contributed by atoms with E-state index < -0.39 is 0 Å². The lowest BCUT2D eigenvalue weighted by Crippen LogP contribution is -2.14. The van der Waals surface area contributed by atoms with E-state index >= 15 is 0 Å². The van der Waals surface area contributed by atoms with Crippen LogP contribution < -0.4 is 10.1 Å². The van der Waals surface area contributed by atoms with Gasteiger partial charge < -0.3 is 10.1 Å². The van der Waals surface area contributed by atoms with Gasteiger partial charge in [-0.3, -0.25) is 0 Å². The first kappa shape index (κ1) is 14.4. The summed E-state index contributed by atoms with van der Waals surface area (Å²) >= 11 is 11.3. The molecular formula is C13H17Cl2NO. The van der Waals surface area contributed by atoms with E-state index in [1.165, 1.54) is 5.54 Å². The van der Waals surface area contributed by atoms with Crippen LogP contribution in [0.15, 0.2) is 34.8 Å². The number of rotatable bonds is 7. The highest BCUT2D eigenvalue weighted by Crippen LogP contribution is 2.19. The summed E-state index contributed by atoms with van der Waals surface area (Å²) in [6.07, 6.45) is 1.11. The molecule has 2 nitrogen and oxygen atoms in total. The average Bonchev–Trinajstić information content (AvgIpc) is 2.37. The van der Waals surface area contributed by atoms with Gasteiger partial charge in [0.05, 0.1) is 5.03 Å². The smallest absolute Gasteiger partial charge is 0.125 e. The highest BCUT2D eigenvalue weighted by molar-refractivity contribution is 6.36. The van der Waals surface area contributed by atoms with Gasteiger partial charge in [0.15, 0.2) is 0 Å². The van der Waals surface area contributed by atoms with E-state index in [0.29, 0.717) is 11.6 Å². The fourth-order valence-electron chi connectivity index (χ4n) is 1.37. The van der Waals surface area contributed by atoms with Crippen LogP contribution in [-0.4, -0.2) is 13.2 Å². The molecule has 0 amide bonds. The van der Waals surface area contributed by atoms with Crippen molar-refractivity contribution >= 4 is 23.2 Å². The minimum Gasteiger partial charge on any atom is -0.488 e. The second-order valence-corrected chi connectivity index (χ2v) is 4.33. The van der Waals surface area contributed by atoms with E-state index in [2.05, 4.69) is 12.2 Å². The van der Waals surface area contributed by atoms with Gasteiger partial charge in [-0.2, -0.15) is 0 Å². The summed E-state index contributed by atoms with van der Waals surface area (Å²) in [6, 6.07) is 7.91. The number of hydrogen-bond donors (Lipinski definition) is 1. The Bertz CT molecular complexity index is 366. The Labute approximate surface area is 113 Å². The Hall–Kier alpha value is -0.700. The normalized spacial score (nSPS) is 11.6. The molecule has 0 atom stereocenters. The molecule has 4 heteroatoms. The minimum atomic E-state index is 0.301. The van der Waals surface area contributed by atoms with E-state index in [0.717, 1.165) is 30.8 Å². The largest absolute Gasteiger partial charge is 0.488 e. The van der Waals surface area contributed by atoms with Gasteiger partial charge in [-0.25, -0.2) is 0 Å². The summed E-state index contributed by atoms with van der Waals surface area (Å²) in [5.41, 5.74) is 2.44. The molecule has 0 saturated carbocycles. The second kappa shape index (κ2) is 8.40. The standard InChI is InChI=1S/C13H17Cl2NO/c1-2-7-16-9-11-5-3-4-6-13(11)17-10-12(15)8-14/h3-6,8,16H,2,7,9-10H2,1H3. The zero-order valence-corrected chi connectivity index (χ0v) is 11.4. The van der Waals surface area contributed by atoms with Gasteiger partial charge in [0.2, 0.25) is 0 Å². The molecule has 0 aliphatic heterocycles. The fourth-order valence-corrected chi connectivity index (χ4v) is 1.49. The van der Waals surface area contributed by atoms with Crippen LogP contribution in [0.1, 0.15) is 18.9 Å². The minimum absolute atomic E-state index is 0.301. The van der Waals surface area contributed by atoms with Crippen molar-refractivity contribution in [3.05, 3.63) is 40.4 Å². The molecule has 0 unspecified atom stereocenters. The van der Waals surface area contributed by atoms with Crippen LogP contribution in [0.3, 0.4) is 0 Å².